The van der Waals surface area contributed by atoms with Crippen molar-refractivity contribution in [3.63, 3.8) is 0 Å². The number of fused-ring (bicyclic) bond motifs is 3. The van der Waals surface area contributed by atoms with Crippen molar-refractivity contribution >= 4 is 0 Å². The fourth-order valence-corrected chi connectivity index (χ4v) is 5.19. The van der Waals surface area contributed by atoms with Crippen molar-refractivity contribution in [2.75, 3.05) is 19.6 Å². The number of nitrogens with zero attached hydrogens (tertiary/aromatic N) is 4. The Morgan fingerprint density at radius 2 is 2.20 bits per heavy atom. The molecule has 1 aromatic carbocycles. The van der Waals surface area contributed by atoms with Crippen LogP contribution < -0.4 is 5.32 Å². The highest BCUT2D eigenvalue weighted by Crippen LogP contribution is 2.42. The Morgan fingerprint density at radius 3 is 2.97 bits per heavy atom. The molecule has 3 aromatic rings. The highest BCUT2D eigenvalue weighted by atomic mass is 16.3. The summed E-state index contributed by atoms with van der Waals surface area (Å²) in [5.74, 6) is 2.06. The summed E-state index contributed by atoms with van der Waals surface area (Å²) in [6, 6.07) is 16.7. The second-order valence-corrected chi connectivity index (χ2v) is 8.54. The van der Waals surface area contributed by atoms with Gasteiger partial charge < -0.3 is 9.73 Å². The lowest BCUT2D eigenvalue weighted by atomic mass is 9.74. The van der Waals surface area contributed by atoms with Crippen molar-refractivity contribution in [2.45, 2.75) is 31.3 Å². The maximum Gasteiger partial charge on any atom is 0.154 e. The molecule has 3 fully saturated rings. The standard InChI is InChI=1S/C24H27N5O/c1-28-23(12-22(27-28)24-6-3-9-30-24)21-16-29-8-7-19(21)11-20(29)15-26-14-18-5-2-4-17(10-18)13-25/h2-6,9-10,12,19-21,26H,7-8,11,14-16H2,1H3. The highest BCUT2D eigenvalue weighted by molar-refractivity contribution is 5.52. The number of nitrogens with one attached hydrogen (secondary N) is 1. The largest absolute Gasteiger partial charge is 0.463 e. The minimum absolute atomic E-state index is 0.531. The smallest absolute Gasteiger partial charge is 0.154 e. The summed E-state index contributed by atoms with van der Waals surface area (Å²) < 4.78 is 7.58. The van der Waals surface area contributed by atoms with Crippen LogP contribution in [0.15, 0.2) is 53.1 Å². The summed E-state index contributed by atoms with van der Waals surface area (Å²) in [6.45, 7) is 4.07. The van der Waals surface area contributed by atoms with Crippen molar-refractivity contribution in [3.05, 3.63) is 65.5 Å². The Hall–Kier alpha value is -2.88. The van der Waals surface area contributed by atoms with Crippen LogP contribution in [0.5, 0.6) is 0 Å². The third kappa shape index (κ3) is 3.67. The van der Waals surface area contributed by atoms with Gasteiger partial charge in [-0.05, 0) is 61.2 Å². The maximum atomic E-state index is 9.07. The molecule has 0 radical (unpaired) electrons. The Balaban J connectivity index is 1.22. The third-order valence-electron chi connectivity index (χ3n) is 6.71. The molecule has 3 aliphatic rings. The summed E-state index contributed by atoms with van der Waals surface area (Å²) in [7, 11) is 2.05. The van der Waals surface area contributed by atoms with E-state index in [1.807, 2.05) is 42.1 Å². The van der Waals surface area contributed by atoms with E-state index in [-0.39, 0.29) is 0 Å². The first-order valence-corrected chi connectivity index (χ1v) is 10.7. The van der Waals surface area contributed by atoms with Crippen LogP contribution in [0.4, 0.5) is 0 Å². The monoisotopic (exact) mass is 401 g/mol. The molecule has 2 bridgehead atoms. The van der Waals surface area contributed by atoms with Gasteiger partial charge in [0.25, 0.3) is 0 Å². The molecule has 2 aromatic heterocycles. The molecule has 0 spiro atoms. The number of hydrogen-bond donors (Lipinski definition) is 1. The zero-order valence-corrected chi connectivity index (χ0v) is 17.3. The summed E-state index contributed by atoms with van der Waals surface area (Å²) >= 11 is 0. The van der Waals surface area contributed by atoms with Crippen molar-refractivity contribution < 1.29 is 4.42 Å². The Morgan fingerprint density at radius 1 is 1.27 bits per heavy atom. The van der Waals surface area contributed by atoms with Gasteiger partial charge in [0.1, 0.15) is 5.69 Å². The Bertz CT molecular complexity index is 1050. The van der Waals surface area contributed by atoms with E-state index >= 15 is 0 Å². The van der Waals surface area contributed by atoms with E-state index in [1.165, 1.54) is 30.6 Å². The molecule has 3 saturated heterocycles. The lowest BCUT2D eigenvalue weighted by Crippen LogP contribution is -2.55. The van der Waals surface area contributed by atoms with Crippen LogP contribution in [0.1, 0.15) is 35.6 Å². The van der Waals surface area contributed by atoms with Crippen LogP contribution in [0.2, 0.25) is 0 Å². The van der Waals surface area contributed by atoms with Crippen molar-refractivity contribution in [3.8, 4) is 17.5 Å². The summed E-state index contributed by atoms with van der Waals surface area (Å²) in [6.07, 6.45) is 4.18. The molecular formula is C24H27N5O. The lowest BCUT2D eigenvalue weighted by Gasteiger charge is -2.50. The number of piperidine rings is 3. The zero-order valence-electron chi connectivity index (χ0n) is 17.3. The van der Waals surface area contributed by atoms with Crippen LogP contribution in [-0.2, 0) is 13.6 Å². The minimum Gasteiger partial charge on any atom is -0.463 e. The quantitative estimate of drug-likeness (QED) is 0.684. The van der Waals surface area contributed by atoms with E-state index in [2.05, 4.69) is 28.4 Å². The first kappa shape index (κ1) is 19.1. The van der Waals surface area contributed by atoms with Gasteiger partial charge in [0.05, 0.1) is 17.9 Å². The van der Waals surface area contributed by atoms with Crippen LogP contribution >= 0.6 is 0 Å². The van der Waals surface area contributed by atoms with Crippen molar-refractivity contribution in [2.24, 2.45) is 13.0 Å². The first-order valence-electron chi connectivity index (χ1n) is 10.7. The highest BCUT2D eigenvalue weighted by Gasteiger charge is 2.41. The zero-order chi connectivity index (χ0) is 20.5. The van der Waals surface area contributed by atoms with Crippen LogP contribution in [0.3, 0.4) is 0 Å². The lowest BCUT2D eigenvalue weighted by molar-refractivity contribution is 0.0282. The minimum atomic E-state index is 0.531. The molecule has 6 heteroatoms. The molecule has 4 unspecified atom stereocenters. The summed E-state index contributed by atoms with van der Waals surface area (Å²) in [5.41, 5.74) is 4.13. The van der Waals surface area contributed by atoms with E-state index in [1.54, 1.807) is 6.26 Å². The average molecular weight is 402 g/mol. The van der Waals surface area contributed by atoms with Gasteiger partial charge in [0, 0.05) is 44.3 Å². The van der Waals surface area contributed by atoms with Gasteiger partial charge in [-0.15, -0.1) is 0 Å². The maximum absolute atomic E-state index is 9.07. The molecule has 0 amide bonds. The Kier molecular flexibility index (Phi) is 5.16. The van der Waals surface area contributed by atoms with Crippen molar-refractivity contribution in [1.82, 2.24) is 20.0 Å². The molecule has 3 aliphatic heterocycles. The van der Waals surface area contributed by atoms with Crippen molar-refractivity contribution in [1.29, 1.82) is 5.26 Å². The average Bonchev–Trinajstić information content (AvgIpc) is 3.44. The molecule has 6 rings (SSSR count). The van der Waals surface area contributed by atoms with Gasteiger partial charge in [-0.25, -0.2) is 0 Å². The van der Waals surface area contributed by atoms with Gasteiger partial charge in [-0.2, -0.15) is 10.4 Å². The van der Waals surface area contributed by atoms with E-state index in [9.17, 15) is 0 Å². The second-order valence-electron chi connectivity index (χ2n) is 8.54. The third-order valence-corrected chi connectivity index (χ3v) is 6.71. The SMILES string of the molecule is Cn1nc(-c2ccco2)cc1C1CN2CCC1CC2CNCc1cccc(C#N)c1. The van der Waals surface area contributed by atoms with Crippen LogP contribution in [-0.4, -0.2) is 40.4 Å². The molecule has 30 heavy (non-hydrogen) atoms. The van der Waals surface area contributed by atoms with Gasteiger partial charge in [0.2, 0.25) is 0 Å². The molecule has 1 N–H and O–H groups in total. The fraction of sp³-hybridized carbons (Fsp3) is 0.417. The number of aromatic nitrogens is 2. The van der Waals surface area contributed by atoms with E-state index in [0.29, 0.717) is 17.9 Å². The normalized spacial score (nSPS) is 25.3. The summed E-state index contributed by atoms with van der Waals surface area (Å²) in [5, 5.41) is 17.4. The first-order chi connectivity index (χ1) is 14.7. The van der Waals surface area contributed by atoms with E-state index in [4.69, 9.17) is 14.8 Å². The van der Waals surface area contributed by atoms with Gasteiger partial charge in [-0.3, -0.25) is 9.58 Å². The molecular weight excluding hydrogens is 374 g/mol. The van der Waals surface area contributed by atoms with E-state index in [0.717, 1.165) is 36.7 Å². The number of furan rings is 1. The van der Waals surface area contributed by atoms with Gasteiger partial charge >= 0.3 is 0 Å². The topological polar surface area (TPSA) is 70.0 Å². The summed E-state index contributed by atoms with van der Waals surface area (Å²) in [4.78, 5) is 2.64. The molecule has 0 aliphatic carbocycles. The predicted octanol–water partition coefficient (Wildman–Crippen LogP) is 3.52. The number of nitriles is 1. The predicted molar refractivity (Wildman–Crippen MR) is 115 cm³/mol. The molecule has 0 saturated carbocycles. The number of rotatable bonds is 6. The van der Waals surface area contributed by atoms with Gasteiger partial charge in [-0.1, -0.05) is 12.1 Å². The fourth-order valence-electron chi connectivity index (χ4n) is 5.19. The van der Waals surface area contributed by atoms with Gasteiger partial charge in [0.15, 0.2) is 5.76 Å². The molecule has 4 atom stereocenters. The second kappa shape index (κ2) is 8.10. The molecule has 6 nitrogen and oxygen atoms in total. The number of benzene rings is 1. The molecule has 154 valence electrons. The van der Waals surface area contributed by atoms with E-state index < -0.39 is 0 Å². The van der Waals surface area contributed by atoms with Crippen LogP contribution in [0.25, 0.3) is 11.5 Å². The number of aryl methyl sites for hydroxylation is 1. The number of hydrogen-bond acceptors (Lipinski definition) is 5. The Labute approximate surface area is 177 Å². The molecule has 5 heterocycles. The van der Waals surface area contributed by atoms with Crippen LogP contribution in [0, 0.1) is 17.2 Å².